The minimum Gasteiger partial charge on any atom is -0.495 e. The van der Waals surface area contributed by atoms with Crippen LogP contribution in [-0.2, 0) is 21.3 Å². The minimum absolute atomic E-state index is 0.221. The Bertz CT molecular complexity index is 1270. The van der Waals surface area contributed by atoms with Crippen molar-refractivity contribution in [1.82, 2.24) is 13.8 Å². The Morgan fingerprint density at radius 1 is 0.971 bits per heavy atom. The van der Waals surface area contributed by atoms with Gasteiger partial charge in [0.15, 0.2) is 0 Å². The summed E-state index contributed by atoms with van der Waals surface area (Å²) in [4.78, 5) is 16.6. The van der Waals surface area contributed by atoms with Crippen LogP contribution in [0.2, 0.25) is 0 Å². The third kappa shape index (κ3) is 4.90. The van der Waals surface area contributed by atoms with Gasteiger partial charge in [-0.25, -0.2) is 17.2 Å². The Morgan fingerprint density at radius 3 is 2.26 bits per heavy atom. The second-order valence-electron chi connectivity index (χ2n) is 9.36. The molecule has 1 saturated heterocycles. The SMILES string of the molecule is COc1ccc(CN2CCN(C(=O)OC(C)(C)C)CC2)c2ccn(S(=O)(=O)c3ccccc3)c12. The van der Waals surface area contributed by atoms with E-state index in [1.807, 2.05) is 39.0 Å². The number of hydrogen-bond donors (Lipinski definition) is 0. The highest BCUT2D eigenvalue weighted by Crippen LogP contribution is 2.33. The van der Waals surface area contributed by atoms with Gasteiger partial charge in [0.05, 0.1) is 12.0 Å². The quantitative estimate of drug-likeness (QED) is 0.545. The van der Waals surface area contributed by atoms with E-state index in [0.717, 1.165) is 10.9 Å². The summed E-state index contributed by atoms with van der Waals surface area (Å²) in [6.07, 6.45) is 1.29. The van der Waals surface area contributed by atoms with Gasteiger partial charge in [-0.15, -0.1) is 0 Å². The van der Waals surface area contributed by atoms with Crippen LogP contribution in [0, 0.1) is 0 Å². The number of methoxy groups -OCH3 is 1. The number of benzene rings is 2. The highest BCUT2D eigenvalue weighted by atomic mass is 32.2. The molecule has 34 heavy (non-hydrogen) atoms. The molecule has 0 aliphatic carbocycles. The summed E-state index contributed by atoms with van der Waals surface area (Å²) in [5.41, 5.74) is 1.01. The lowest BCUT2D eigenvalue weighted by atomic mass is 10.1. The van der Waals surface area contributed by atoms with Crippen LogP contribution >= 0.6 is 0 Å². The summed E-state index contributed by atoms with van der Waals surface area (Å²) in [6.45, 7) is 8.79. The second kappa shape index (κ2) is 9.31. The van der Waals surface area contributed by atoms with Crippen molar-refractivity contribution in [3.63, 3.8) is 0 Å². The van der Waals surface area contributed by atoms with Gasteiger partial charge in [-0.2, -0.15) is 0 Å². The Balaban J connectivity index is 1.57. The molecule has 182 valence electrons. The van der Waals surface area contributed by atoms with Crippen molar-refractivity contribution in [1.29, 1.82) is 0 Å². The molecule has 9 heteroatoms. The zero-order valence-electron chi connectivity index (χ0n) is 20.0. The number of hydrogen-bond acceptors (Lipinski definition) is 6. The van der Waals surface area contributed by atoms with Crippen LogP contribution in [0.15, 0.2) is 59.6 Å². The molecule has 1 aromatic heterocycles. The fourth-order valence-corrected chi connectivity index (χ4v) is 5.50. The number of aromatic nitrogens is 1. The highest BCUT2D eigenvalue weighted by molar-refractivity contribution is 7.90. The summed E-state index contributed by atoms with van der Waals surface area (Å²) in [5.74, 6) is 0.498. The summed E-state index contributed by atoms with van der Waals surface area (Å²) >= 11 is 0. The van der Waals surface area contributed by atoms with Crippen LogP contribution in [0.25, 0.3) is 10.9 Å². The second-order valence-corrected chi connectivity index (χ2v) is 11.2. The fourth-order valence-electron chi connectivity index (χ4n) is 4.12. The number of fused-ring (bicyclic) bond motifs is 1. The normalized spacial score (nSPS) is 15.5. The monoisotopic (exact) mass is 485 g/mol. The lowest BCUT2D eigenvalue weighted by molar-refractivity contribution is 0.0139. The van der Waals surface area contributed by atoms with Gasteiger partial charge in [-0.1, -0.05) is 24.3 Å². The zero-order valence-corrected chi connectivity index (χ0v) is 20.8. The number of ether oxygens (including phenoxy) is 2. The van der Waals surface area contributed by atoms with Crippen molar-refractivity contribution in [3.05, 3.63) is 60.3 Å². The number of carbonyl (C=O) groups is 1. The first-order valence-corrected chi connectivity index (χ1v) is 12.7. The largest absolute Gasteiger partial charge is 0.495 e. The van der Waals surface area contributed by atoms with E-state index in [4.69, 9.17) is 9.47 Å². The van der Waals surface area contributed by atoms with Crippen LogP contribution < -0.4 is 4.74 Å². The lowest BCUT2D eigenvalue weighted by Crippen LogP contribution is -2.49. The number of amides is 1. The molecular weight excluding hydrogens is 454 g/mol. The minimum atomic E-state index is -3.77. The van der Waals surface area contributed by atoms with Crippen molar-refractivity contribution in [2.24, 2.45) is 0 Å². The first-order valence-electron chi connectivity index (χ1n) is 11.3. The fraction of sp³-hybridized carbons (Fsp3) is 0.400. The van der Waals surface area contributed by atoms with Gasteiger partial charge in [0.25, 0.3) is 10.0 Å². The standard InChI is InChI=1S/C25H31N3O5S/c1-25(2,3)33-24(29)27-16-14-26(15-17-27)18-19-10-11-22(32-4)23-21(19)12-13-28(23)34(30,31)20-8-6-5-7-9-20/h5-13H,14-18H2,1-4H3. The molecule has 0 spiro atoms. The van der Waals surface area contributed by atoms with E-state index in [-0.39, 0.29) is 11.0 Å². The number of nitrogens with zero attached hydrogens (tertiary/aromatic N) is 3. The Kier molecular flexibility index (Phi) is 6.60. The molecule has 2 aromatic carbocycles. The molecule has 0 unspecified atom stereocenters. The van der Waals surface area contributed by atoms with Crippen molar-refractivity contribution >= 4 is 27.0 Å². The van der Waals surface area contributed by atoms with E-state index in [1.165, 1.54) is 11.1 Å². The van der Waals surface area contributed by atoms with Crippen LogP contribution in [-0.4, -0.2) is 67.2 Å². The lowest BCUT2D eigenvalue weighted by Gasteiger charge is -2.35. The smallest absolute Gasteiger partial charge is 0.410 e. The molecule has 0 bridgehead atoms. The summed E-state index contributed by atoms with van der Waals surface area (Å²) in [7, 11) is -2.23. The maximum atomic E-state index is 13.3. The van der Waals surface area contributed by atoms with Crippen molar-refractivity contribution in [2.75, 3.05) is 33.3 Å². The van der Waals surface area contributed by atoms with E-state index in [9.17, 15) is 13.2 Å². The van der Waals surface area contributed by atoms with Crippen LogP contribution in [0.1, 0.15) is 26.3 Å². The predicted molar refractivity (Wildman–Crippen MR) is 131 cm³/mol. The van der Waals surface area contributed by atoms with E-state index in [1.54, 1.807) is 41.4 Å². The Morgan fingerprint density at radius 2 is 1.65 bits per heavy atom. The summed E-state index contributed by atoms with van der Waals surface area (Å²) in [5, 5.41) is 0.827. The Hall–Kier alpha value is -3.04. The zero-order chi connectivity index (χ0) is 24.5. The summed E-state index contributed by atoms with van der Waals surface area (Å²) in [6, 6.07) is 14.0. The van der Waals surface area contributed by atoms with Crippen molar-refractivity contribution in [2.45, 2.75) is 37.8 Å². The molecule has 4 rings (SSSR count). The van der Waals surface area contributed by atoms with Crippen LogP contribution in [0.4, 0.5) is 4.79 Å². The van der Waals surface area contributed by atoms with E-state index < -0.39 is 15.6 Å². The average Bonchev–Trinajstić information content (AvgIpc) is 3.26. The molecular formula is C25H31N3O5S. The topological polar surface area (TPSA) is 81.1 Å². The van der Waals surface area contributed by atoms with Crippen molar-refractivity contribution in [3.8, 4) is 5.75 Å². The molecule has 8 nitrogen and oxygen atoms in total. The van der Waals surface area contributed by atoms with Crippen LogP contribution in [0.5, 0.6) is 5.75 Å². The van der Waals surface area contributed by atoms with Gasteiger partial charge in [0.1, 0.15) is 16.9 Å². The molecule has 3 aromatic rings. The third-order valence-electron chi connectivity index (χ3n) is 5.81. The molecule has 1 fully saturated rings. The van der Waals surface area contributed by atoms with Gasteiger partial charge in [-0.05, 0) is 50.6 Å². The molecule has 0 saturated carbocycles. The molecule has 1 aliphatic rings. The van der Waals surface area contributed by atoms with Crippen LogP contribution in [0.3, 0.4) is 0 Å². The van der Waals surface area contributed by atoms with Gasteiger partial charge < -0.3 is 14.4 Å². The predicted octanol–water partition coefficient (Wildman–Crippen LogP) is 3.94. The number of carbonyl (C=O) groups excluding carboxylic acids is 1. The number of piperazine rings is 1. The first-order chi connectivity index (χ1) is 16.1. The maximum Gasteiger partial charge on any atom is 0.410 e. The van der Waals surface area contributed by atoms with Gasteiger partial charge in [-0.3, -0.25) is 4.90 Å². The molecule has 1 amide bonds. The van der Waals surface area contributed by atoms with Gasteiger partial charge in [0.2, 0.25) is 0 Å². The Labute approximate surface area is 200 Å². The van der Waals surface area contributed by atoms with Crippen molar-refractivity contribution < 1.29 is 22.7 Å². The van der Waals surface area contributed by atoms with E-state index in [0.29, 0.717) is 44.0 Å². The summed E-state index contributed by atoms with van der Waals surface area (Å²) < 4.78 is 38.9. The average molecular weight is 486 g/mol. The van der Waals surface area contributed by atoms with Gasteiger partial charge in [0, 0.05) is 44.3 Å². The van der Waals surface area contributed by atoms with E-state index >= 15 is 0 Å². The highest BCUT2D eigenvalue weighted by Gasteiger charge is 2.27. The molecule has 1 aliphatic heterocycles. The number of rotatable bonds is 5. The molecule has 0 N–H and O–H groups in total. The molecule has 0 radical (unpaired) electrons. The maximum absolute atomic E-state index is 13.3. The first kappa shape index (κ1) is 24.1. The molecule has 2 heterocycles. The molecule has 0 atom stereocenters. The van der Waals surface area contributed by atoms with E-state index in [2.05, 4.69) is 4.90 Å². The van der Waals surface area contributed by atoms with Gasteiger partial charge >= 0.3 is 6.09 Å². The third-order valence-corrected chi connectivity index (χ3v) is 7.50.